The minimum Gasteiger partial charge on any atom is -0.383 e. The van der Waals surface area contributed by atoms with E-state index in [0.717, 1.165) is 23.9 Å². The minimum atomic E-state index is 0.652. The number of carbonyl (C=O) groups is 1. The van der Waals surface area contributed by atoms with Crippen LogP contribution in [0.25, 0.3) is 11.0 Å². The van der Waals surface area contributed by atoms with Gasteiger partial charge in [0, 0.05) is 19.2 Å². The first-order valence-corrected chi connectivity index (χ1v) is 4.74. The normalized spacial score (nSPS) is 10.7. The van der Waals surface area contributed by atoms with Gasteiger partial charge >= 0.3 is 0 Å². The first-order valence-electron chi connectivity index (χ1n) is 4.74. The quantitative estimate of drug-likeness (QED) is 0.709. The van der Waals surface area contributed by atoms with E-state index in [9.17, 15) is 4.79 Å². The SMILES string of the molecule is COCCn1cnc2cc(C=O)ccc21. The van der Waals surface area contributed by atoms with Gasteiger partial charge in [0.2, 0.25) is 0 Å². The number of ether oxygens (including phenoxy) is 1. The molecule has 0 bridgehead atoms. The molecular weight excluding hydrogens is 192 g/mol. The van der Waals surface area contributed by atoms with Crippen LogP contribution in [0.5, 0.6) is 0 Å². The number of methoxy groups -OCH3 is 1. The van der Waals surface area contributed by atoms with E-state index in [-0.39, 0.29) is 0 Å². The van der Waals surface area contributed by atoms with E-state index in [0.29, 0.717) is 12.2 Å². The number of fused-ring (bicyclic) bond motifs is 1. The van der Waals surface area contributed by atoms with Gasteiger partial charge in [-0.2, -0.15) is 0 Å². The van der Waals surface area contributed by atoms with Gasteiger partial charge in [0.1, 0.15) is 6.29 Å². The van der Waals surface area contributed by atoms with Crippen molar-refractivity contribution in [3.63, 3.8) is 0 Å². The van der Waals surface area contributed by atoms with Crippen LogP contribution in [-0.4, -0.2) is 29.6 Å². The largest absolute Gasteiger partial charge is 0.383 e. The van der Waals surface area contributed by atoms with Crippen molar-refractivity contribution in [1.29, 1.82) is 0 Å². The van der Waals surface area contributed by atoms with Crippen LogP contribution in [0, 0.1) is 0 Å². The van der Waals surface area contributed by atoms with E-state index in [2.05, 4.69) is 4.98 Å². The maximum absolute atomic E-state index is 10.6. The number of imidazole rings is 1. The molecule has 0 fully saturated rings. The van der Waals surface area contributed by atoms with E-state index in [1.165, 1.54) is 0 Å². The number of aromatic nitrogens is 2. The second-order valence-corrected chi connectivity index (χ2v) is 3.30. The van der Waals surface area contributed by atoms with Crippen LogP contribution in [0.15, 0.2) is 24.5 Å². The van der Waals surface area contributed by atoms with Gasteiger partial charge < -0.3 is 9.30 Å². The molecule has 2 rings (SSSR count). The molecule has 0 N–H and O–H groups in total. The van der Waals surface area contributed by atoms with Crippen molar-refractivity contribution in [3.8, 4) is 0 Å². The molecule has 0 unspecified atom stereocenters. The maximum atomic E-state index is 10.6. The lowest BCUT2D eigenvalue weighted by Gasteiger charge is -2.02. The predicted molar refractivity (Wildman–Crippen MR) is 57.0 cm³/mol. The highest BCUT2D eigenvalue weighted by molar-refractivity contribution is 5.84. The number of benzene rings is 1. The average molecular weight is 204 g/mol. The Morgan fingerprint density at radius 1 is 1.53 bits per heavy atom. The van der Waals surface area contributed by atoms with Crippen LogP contribution in [0.4, 0.5) is 0 Å². The molecule has 0 aliphatic heterocycles. The highest BCUT2D eigenvalue weighted by atomic mass is 16.5. The molecular formula is C11H12N2O2. The summed E-state index contributed by atoms with van der Waals surface area (Å²) in [5.41, 5.74) is 2.52. The van der Waals surface area contributed by atoms with Crippen molar-refractivity contribution in [2.45, 2.75) is 6.54 Å². The van der Waals surface area contributed by atoms with E-state index < -0.39 is 0 Å². The molecule has 0 saturated carbocycles. The monoisotopic (exact) mass is 204 g/mol. The van der Waals surface area contributed by atoms with E-state index in [4.69, 9.17) is 4.74 Å². The van der Waals surface area contributed by atoms with Crippen molar-refractivity contribution in [1.82, 2.24) is 9.55 Å². The van der Waals surface area contributed by atoms with Gasteiger partial charge in [-0.3, -0.25) is 4.79 Å². The van der Waals surface area contributed by atoms with Crippen LogP contribution in [0.1, 0.15) is 10.4 Å². The van der Waals surface area contributed by atoms with Crippen LogP contribution < -0.4 is 0 Å². The van der Waals surface area contributed by atoms with Gasteiger partial charge in [0.05, 0.1) is 24.0 Å². The van der Waals surface area contributed by atoms with Gasteiger partial charge in [0.25, 0.3) is 0 Å². The summed E-state index contributed by atoms with van der Waals surface area (Å²) in [5.74, 6) is 0. The lowest BCUT2D eigenvalue weighted by molar-refractivity contribution is 0.112. The van der Waals surface area contributed by atoms with Gasteiger partial charge in [0.15, 0.2) is 0 Å². The predicted octanol–water partition coefficient (Wildman–Crippen LogP) is 1.50. The molecule has 0 radical (unpaired) electrons. The second kappa shape index (κ2) is 4.23. The Kier molecular flexibility index (Phi) is 2.78. The number of hydrogen-bond acceptors (Lipinski definition) is 3. The summed E-state index contributed by atoms with van der Waals surface area (Å²) in [6, 6.07) is 5.48. The number of nitrogens with zero attached hydrogens (tertiary/aromatic N) is 2. The van der Waals surface area contributed by atoms with Crippen LogP contribution in [0.3, 0.4) is 0 Å². The van der Waals surface area contributed by atoms with Gasteiger partial charge in [-0.05, 0) is 18.2 Å². The standard InChI is InChI=1S/C11H12N2O2/c1-15-5-4-13-8-12-10-6-9(7-14)2-3-11(10)13/h2-3,6-8H,4-5H2,1H3. The first-order chi connectivity index (χ1) is 7.35. The Hall–Kier alpha value is -1.68. The summed E-state index contributed by atoms with van der Waals surface area (Å²) in [5, 5.41) is 0. The fourth-order valence-electron chi connectivity index (χ4n) is 1.52. The summed E-state index contributed by atoms with van der Waals surface area (Å²) in [7, 11) is 1.67. The highest BCUT2D eigenvalue weighted by Gasteiger charge is 2.02. The lowest BCUT2D eigenvalue weighted by atomic mass is 10.2. The van der Waals surface area contributed by atoms with Crippen LogP contribution in [0.2, 0.25) is 0 Å². The van der Waals surface area contributed by atoms with E-state index in [1.54, 1.807) is 25.6 Å². The third-order valence-electron chi connectivity index (χ3n) is 2.32. The Balaban J connectivity index is 2.38. The van der Waals surface area contributed by atoms with Crippen molar-refractivity contribution >= 4 is 17.3 Å². The Morgan fingerprint density at radius 3 is 3.13 bits per heavy atom. The first kappa shape index (κ1) is 9.86. The number of hydrogen-bond donors (Lipinski definition) is 0. The van der Waals surface area contributed by atoms with Crippen molar-refractivity contribution in [2.24, 2.45) is 0 Å². The molecule has 4 nitrogen and oxygen atoms in total. The fraction of sp³-hybridized carbons (Fsp3) is 0.273. The molecule has 1 aromatic carbocycles. The minimum absolute atomic E-state index is 0.652. The molecule has 1 heterocycles. The van der Waals surface area contributed by atoms with Gasteiger partial charge in [-0.1, -0.05) is 0 Å². The molecule has 0 saturated heterocycles. The zero-order valence-corrected chi connectivity index (χ0v) is 8.51. The Morgan fingerprint density at radius 2 is 2.40 bits per heavy atom. The summed E-state index contributed by atoms with van der Waals surface area (Å²) < 4.78 is 7.01. The number of rotatable bonds is 4. The number of carbonyl (C=O) groups excluding carboxylic acids is 1. The zero-order chi connectivity index (χ0) is 10.7. The topological polar surface area (TPSA) is 44.1 Å². The molecule has 0 aliphatic carbocycles. The number of aldehydes is 1. The molecule has 0 amide bonds. The van der Waals surface area contributed by atoms with Gasteiger partial charge in [-0.15, -0.1) is 0 Å². The zero-order valence-electron chi connectivity index (χ0n) is 8.51. The lowest BCUT2D eigenvalue weighted by Crippen LogP contribution is -2.02. The third kappa shape index (κ3) is 1.89. The van der Waals surface area contributed by atoms with Crippen LogP contribution in [-0.2, 0) is 11.3 Å². The fourth-order valence-corrected chi connectivity index (χ4v) is 1.52. The van der Waals surface area contributed by atoms with Crippen molar-refractivity contribution in [3.05, 3.63) is 30.1 Å². The molecule has 78 valence electrons. The maximum Gasteiger partial charge on any atom is 0.150 e. The smallest absolute Gasteiger partial charge is 0.150 e. The van der Waals surface area contributed by atoms with E-state index in [1.807, 2.05) is 10.6 Å². The summed E-state index contributed by atoms with van der Waals surface area (Å²) in [6.07, 6.45) is 2.59. The molecule has 2 aromatic rings. The summed E-state index contributed by atoms with van der Waals surface area (Å²) in [6.45, 7) is 1.42. The molecule has 0 aliphatic rings. The highest BCUT2D eigenvalue weighted by Crippen LogP contribution is 2.13. The summed E-state index contributed by atoms with van der Waals surface area (Å²) in [4.78, 5) is 14.8. The van der Waals surface area contributed by atoms with Crippen molar-refractivity contribution in [2.75, 3.05) is 13.7 Å². The van der Waals surface area contributed by atoms with E-state index >= 15 is 0 Å². The van der Waals surface area contributed by atoms with Crippen LogP contribution >= 0.6 is 0 Å². The van der Waals surface area contributed by atoms with Crippen molar-refractivity contribution < 1.29 is 9.53 Å². The summed E-state index contributed by atoms with van der Waals surface area (Å²) >= 11 is 0. The molecule has 0 atom stereocenters. The second-order valence-electron chi connectivity index (χ2n) is 3.30. The third-order valence-corrected chi connectivity index (χ3v) is 2.32. The molecule has 1 aromatic heterocycles. The average Bonchev–Trinajstić information content (AvgIpc) is 2.68. The Bertz CT molecular complexity index is 476. The molecule has 0 spiro atoms. The molecule has 4 heteroatoms. The van der Waals surface area contributed by atoms with Gasteiger partial charge in [-0.25, -0.2) is 4.98 Å². The Labute approximate surface area is 87.5 Å². The molecule has 15 heavy (non-hydrogen) atoms.